The van der Waals surface area contributed by atoms with Crippen LogP contribution in [0.25, 0.3) is 0 Å². The molecule has 0 atom stereocenters. The van der Waals surface area contributed by atoms with Gasteiger partial charge in [-0.3, -0.25) is 4.79 Å². The van der Waals surface area contributed by atoms with Crippen LogP contribution in [0.2, 0.25) is 0 Å². The van der Waals surface area contributed by atoms with Crippen LogP contribution in [-0.2, 0) is 0 Å². The van der Waals surface area contributed by atoms with Gasteiger partial charge < -0.3 is 16.2 Å². The molecule has 0 fully saturated rings. The molecule has 1 aromatic rings. The number of nitrogens with one attached hydrogen (secondary N) is 1. The van der Waals surface area contributed by atoms with Crippen molar-refractivity contribution < 1.29 is 9.90 Å². The number of amides is 1. The number of hydrogen-bond acceptors (Lipinski definition) is 3. The maximum Gasteiger partial charge on any atom is 0.251 e. The lowest BCUT2D eigenvalue weighted by Gasteiger charge is -2.30. The van der Waals surface area contributed by atoms with Crippen LogP contribution in [0.1, 0.15) is 37.0 Å². The van der Waals surface area contributed by atoms with Crippen molar-refractivity contribution in [2.75, 3.05) is 12.3 Å². The fraction of sp³-hybridized carbons (Fsp3) is 0.462. The van der Waals surface area contributed by atoms with Crippen LogP contribution in [0.15, 0.2) is 24.3 Å². The first-order valence-electron chi connectivity index (χ1n) is 5.86. The molecule has 0 heterocycles. The monoisotopic (exact) mass is 236 g/mol. The molecule has 1 amide bonds. The largest absolute Gasteiger partial charge is 0.399 e. The maximum absolute atomic E-state index is 12.0. The number of hydrogen-bond donors (Lipinski definition) is 3. The lowest BCUT2D eigenvalue weighted by molar-refractivity contribution is 0.0818. The quantitative estimate of drug-likeness (QED) is 0.679. The summed E-state index contributed by atoms with van der Waals surface area (Å²) in [6.07, 6.45) is 1.39. The molecular formula is C13H20N2O2. The van der Waals surface area contributed by atoms with Gasteiger partial charge in [0.15, 0.2) is 0 Å². The van der Waals surface area contributed by atoms with Crippen LogP contribution >= 0.6 is 0 Å². The summed E-state index contributed by atoms with van der Waals surface area (Å²) in [5.74, 6) is -0.178. The molecule has 1 aromatic carbocycles. The SMILES string of the molecule is CCC(CC)(CO)NC(=O)c1ccc(N)cc1. The average Bonchev–Trinajstić information content (AvgIpc) is 2.37. The second-order valence-electron chi connectivity index (χ2n) is 4.22. The van der Waals surface area contributed by atoms with Gasteiger partial charge in [-0.25, -0.2) is 0 Å². The summed E-state index contributed by atoms with van der Waals surface area (Å²) >= 11 is 0. The van der Waals surface area contributed by atoms with E-state index in [1.807, 2.05) is 13.8 Å². The highest BCUT2D eigenvalue weighted by molar-refractivity contribution is 5.95. The van der Waals surface area contributed by atoms with Crippen LogP contribution in [-0.4, -0.2) is 23.2 Å². The third-order valence-electron chi connectivity index (χ3n) is 3.21. The molecule has 0 aliphatic carbocycles. The summed E-state index contributed by atoms with van der Waals surface area (Å²) in [5, 5.41) is 12.3. The van der Waals surface area contributed by atoms with Crippen LogP contribution in [0, 0.1) is 0 Å². The van der Waals surface area contributed by atoms with Gasteiger partial charge in [-0.15, -0.1) is 0 Å². The molecule has 0 aliphatic rings. The van der Waals surface area contributed by atoms with Gasteiger partial charge in [0.1, 0.15) is 0 Å². The second-order valence-corrected chi connectivity index (χ2v) is 4.22. The Morgan fingerprint density at radius 2 is 1.82 bits per heavy atom. The van der Waals surface area contributed by atoms with E-state index in [1.165, 1.54) is 0 Å². The van der Waals surface area contributed by atoms with Gasteiger partial charge in [-0.05, 0) is 37.1 Å². The van der Waals surface area contributed by atoms with Crippen molar-refractivity contribution in [1.82, 2.24) is 5.32 Å². The summed E-state index contributed by atoms with van der Waals surface area (Å²) < 4.78 is 0. The highest BCUT2D eigenvalue weighted by Gasteiger charge is 2.27. The number of nitrogens with two attached hydrogens (primary N) is 1. The van der Waals surface area contributed by atoms with Crippen LogP contribution < -0.4 is 11.1 Å². The van der Waals surface area contributed by atoms with Crippen molar-refractivity contribution in [2.45, 2.75) is 32.2 Å². The number of rotatable bonds is 5. The third-order valence-corrected chi connectivity index (χ3v) is 3.21. The number of aliphatic hydroxyl groups excluding tert-OH is 1. The minimum atomic E-state index is -0.529. The van der Waals surface area contributed by atoms with E-state index in [0.717, 1.165) is 0 Å². The van der Waals surface area contributed by atoms with Crippen molar-refractivity contribution in [2.24, 2.45) is 0 Å². The molecule has 4 heteroatoms. The summed E-state index contributed by atoms with van der Waals surface area (Å²) in [6.45, 7) is 3.84. The molecule has 0 aliphatic heterocycles. The summed E-state index contributed by atoms with van der Waals surface area (Å²) in [6, 6.07) is 6.73. The topological polar surface area (TPSA) is 75.3 Å². The first-order valence-corrected chi connectivity index (χ1v) is 5.86. The van der Waals surface area contributed by atoms with E-state index in [2.05, 4.69) is 5.32 Å². The molecule has 0 saturated carbocycles. The predicted octanol–water partition coefficient (Wildman–Crippen LogP) is 1.55. The van der Waals surface area contributed by atoms with E-state index in [-0.39, 0.29) is 12.5 Å². The van der Waals surface area contributed by atoms with Crippen molar-refractivity contribution >= 4 is 11.6 Å². The van der Waals surface area contributed by atoms with Crippen LogP contribution in [0.5, 0.6) is 0 Å². The van der Waals surface area contributed by atoms with Gasteiger partial charge in [-0.1, -0.05) is 13.8 Å². The summed E-state index contributed by atoms with van der Waals surface area (Å²) in [4.78, 5) is 12.0. The van der Waals surface area contributed by atoms with Gasteiger partial charge in [0, 0.05) is 11.3 Å². The Kier molecular flexibility index (Phi) is 4.52. The number of aliphatic hydroxyl groups is 1. The van der Waals surface area contributed by atoms with Crippen LogP contribution in [0.4, 0.5) is 5.69 Å². The number of anilines is 1. The van der Waals surface area contributed by atoms with Gasteiger partial charge >= 0.3 is 0 Å². The van der Waals surface area contributed by atoms with E-state index < -0.39 is 5.54 Å². The minimum absolute atomic E-state index is 0.0548. The number of benzene rings is 1. The van der Waals surface area contributed by atoms with Crippen molar-refractivity contribution in [3.63, 3.8) is 0 Å². The molecule has 0 spiro atoms. The molecule has 17 heavy (non-hydrogen) atoms. The van der Waals surface area contributed by atoms with Gasteiger partial charge in [0.05, 0.1) is 12.1 Å². The Morgan fingerprint density at radius 3 is 2.24 bits per heavy atom. The Morgan fingerprint density at radius 1 is 1.29 bits per heavy atom. The highest BCUT2D eigenvalue weighted by Crippen LogP contribution is 2.15. The predicted molar refractivity (Wildman–Crippen MR) is 68.7 cm³/mol. The van der Waals surface area contributed by atoms with Gasteiger partial charge in [-0.2, -0.15) is 0 Å². The maximum atomic E-state index is 12.0. The smallest absolute Gasteiger partial charge is 0.251 e. The molecule has 0 aromatic heterocycles. The number of carbonyl (C=O) groups excluding carboxylic acids is 1. The standard InChI is InChI=1S/C13H20N2O2/c1-3-13(4-2,9-16)15-12(17)10-5-7-11(14)8-6-10/h5-8,16H,3-4,9,14H2,1-2H3,(H,15,17). The molecule has 4 nitrogen and oxygen atoms in total. The molecule has 4 N–H and O–H groups in total. The normalized spacial score (nSPS) is 11.2. The Labute approximate surface area is 102 Å². The molecule has 0 radical (unpaired) electrons. The van der Waals surface area contributed by atoms with Crippen LogP contribution in [0.3, 0.4) is 0 Å². The lowest BCUT2D eigenvalue weighted by Crippen LogP contribution is -2.50. The first-order chi connectivity index (χ1) is 8.06. The number of carbonyl (C=O) groups is 1. The molecule has 1 rings (SSSR count). The fourth-order valence-electron chi connectivity index (χ4n) is 1.64. The summed E-state index contributed by atoms with van der Waals surface area (Å²) in [7, 11) is 0. The minimum Gasteiger partial charge on any atom is -0.399 e. The van der Waals surface area contributed by atoms with E-state index in [9.17, 15) is 9.90 Å². The molecular weight excluding hydrogens is 216 g/mol. The Bertz CT molecular complexity index is 361. The number of nitrogen functional groups attached to an aromatic ring is 1. The van der Waals surface area contributed by atoms with Crippen molar-refractivity contribution in [3.05, 3.63) is 29.8 Å². The lowest BCUT2D eigenvalue weighted by atomic mass is 9.93. The summed E-state index contributed by atoms with van der Waals surface area (Å²) in [5.41, 5.74) is 6.21. The Hall–Kier alpha value is -1.55. The molecule has 0 bridgehead atoms. The molecule has 0 unspecified atom stereocenters. The van der Waals surface area contributed by atoms with E-state index >= 15 is 0 Å². The van der Waals surface area contributed by atoms with E-state index in [1.54, 1.807) is 24.3 Å². The van der Waals surface area contributed by atoms with E-state index in [4.69, 9.17) is 5.73 Å². The van der Waals surface area contributed by atoms with Crippen molar-refractivity contribution in [1.29, 1.82) is 0 Å². The zero-order valence-corrected chi connectivity index (χ0v) is 10.4. The van der Waals surface area contributed by atoms with Gasteiger partial charge in [0.25, 0.3) is 5.91 Å². The molecule has 94 valence electrons. The van der Waals surface area contributed by atoms with E-state index in [0.29, 0.717) is 24.1 Å². The highest BCUT2D eigenvalue weighted by atomic mass is 16.3. The fourth-order valence-corrected chi connectivity index (χ4v) is 1.64. The zero-order chi connectivity index (χ0) is 12.9. The molecule has 0 saturated heterocycles. The second kappa shape index (κ2) is 5.68. The Balaban J connectivity index is 2.81. The zero-order valence-electron chi connectivity index (χ0n) is 10.4. The van der Waals surface area contributed by atoms with Gasteiger partial charge in [0.2, 0.25) is 0 Å². The van der Waals surface area contributed by atoms with Crippen molar-refractivity contribution in [3.8, 4) is 0 Å². The third kappa shape index (κ3) is 3.20. The average molecular weight is 236 g/mol. The first kappa shape index (κ1) is 13.5.